The molecule has 1 amide bonds. The summed E-state index contributed by atoms with van der Waals surface area (Å²) < 4.78 is 5.17. The van der Waals surface area contributed by atoms with Gasteiger partial charge in [-0.1, -0.05) is 17.7 Å². The molecule has 25 heavy (non-hydrogen) atoms. The average molecular weight is 394 g/mol. The number of carbonyl (C=O) groups excluding carboxylic acids is 2. The Kier molecular flexibility index (Phi) is 5.42. The first-order valence-corrected chi connectivity index (χ1v) is 9.29. The van der Waals surface area contributed by atoms with Gasteiger partial charge in [0.25, 0.3) is 5.91 Å². The fraction of sp³-hybridized carbons (Fsp3) is 0.125. The van der Waals surface area contributed by atoms with E-state index in [9.17, 15) is 9.59 Å². The van der Waals surface area contributed by atoms with Gasteiger partial charge in [0.05, 0.1) is 9.90 Å². The second-order valence-electron chi connectivity index (χ2n) is 4.91. The van der Waals surface area contributed by atoms with Crippen LogP contribution in [-0.4, -0.2) is 27.9 Å². The zero-order chi connectivity index (χ0) is 17.8. The minimum absolute atomic E-state index is 0.178. The molecular weight excluding hydrogens is 382 g/mol. The Hall–Kier alpha value is -2.29. The summed E-state index contributed by atoms with van der Waals surface area (Å²) in [6, 6.07) is 7.00. The van der Waals surface area contributed by atoms with Crippen LogP contribution in [0.1, 0.15) is 17.4 Å². The molecule has 0 saturated heterocycles. The number of thiazole rings is 1. The number of amides is 1. The van der Waals surface area contributed by atoms with E-state index < -0.39 is 18.0 Å². The van der Waals surface area contributed by atoms with Crippen molar-refractivity contribution in [3.05, 3.63) is 51.9 Å². The molecule has 0 spiro atoms. The zero-order valence-electron chi connectivity index (χ0n) is 12.9. The van der Waals surface area contributed by atoms with Gasteiger partial charge in [-0.2, -0.15) is 0 Å². The van der Waals surface area contributed by atoms with Crippen LogP contribution >= 0.6 is 34.3 Å². The largest absolute Gasteiger partial charge is 0.448 e. The molecule has 1 atom stereocenters. The van der Waals surface area contributed by atoms with Crippen molar-refractivity contribution in [1.82, 2.24) is 9.97 Å². The number of anilines is 1. The van der Waals surface area contributed by atoms with Gasteiger partial charge in [0, 0.05) is 11.6 Å². The fourth-order valence-corrected chi connectivity index (χ4v) is 3.55. The van der Waals surface area contributed by atoms with Crippen molar-refractivity contribution >= 4 is 52.0 Å². The lowest BCUT2D eigenvalue weighted by atomic mass is 10.3. The molecule has 0 unspecified atom stereocenters. The van der Waals surface area contributed by atoms with Crippen molar-refractivity contribution < 1.29 is 14.3 Å². The summed E-state index contributed by atoms with van der Waals surface area (Å²) in [6.07, 6.45) is 0.423. The topological polar surface area (TPSA) is 81.2 Å². The zero-order valence-corrected chi connectivity index (χ0v) is 15.3. The van der Waals surface area contributed by atoms with Crippen LogP contribution in [0.4, 0.5) is 5.82 Å². The molecule has 1 N–H and O–H groups in total. The van der Waals surface area contributed by atoms with Gasteiger partial charge in [-0.25, -0.2) is 14.8 Å². The Balaban J connectivity index is 1.60. The molecule has 0 radical (unpaired) electrons. The number of ether oxygens (including phenoxy) is 1. The molecule has 9 heteroatoms. The number of thiophene rings is 1. The highest BCUT2D eigenvalue weighted by atomic mass is 35.5. The van der Waals surface area contributed by atoms with Crippen LogP contribution in [0.5, 0.6) is 0 Å². The molecule has 128 valence electrons. The van der Waals surface area contributed by atoms with Gasteiger partial charge in [-0.3, -0.25) is 4.79 Å². The predicted molar refractivity (Wildman–Crippen MR) is 98.2 cm³/mol. The van der Waals surface area contributed by atoms with Gasteiger partial charge in [0.2, 0.25) is 0 Å². The minimum Gasteiger partial charge on any atom is -0.448 e. The van der Waals surface area contributed by atoms with Gasteiger partial charge in [0.15, 0.2) is 11.8 Å². The summed E-state index contributed by atoms with van der Waals surface area (Å²) in [4.78, 5) is 33.4. The monoisotopic (exact) mass is 393 g/mol. The number of hydrogen-bond acceptors (Lipinski definition) is 7. The molecular formula is C16H12ClN3O3S2. The van der Waals surface area contributed by atoms with Gasteiger partial charge >= 0.3 is 5.97 Å². The number of pyridine rings is 1. The van der Waals surface area contributed by atoms with E-state index in [1.165, 1.54) is 35.8 Å². The molecule has 3 heterocycles. The lowest BCUT2D eigenvalue weighted by Gasteiger charge is -2.12. The lowest BCUT2D eigenvalue weighted by molar-refractivity contribution is -0.123. The van der Waals surface area contributed by atoms with E-state index in [1.807, 2.05) is 17.5 Å². The Bertz CT molecular complexity index is 878. The molecule has 3 rings (SSSR count). The Morgan fingerprint density at radius 3 is 2.80 bits per heavy atom. The third-order valence-electron chi connectivity index (χ3n) is 3.08. The number of hydrogen-bond donors (Lipinski definition) is 1. The van der Waals surface area contributed by atoms with Crippen molar-refractivity contribution in [2.75, 3.05) is 5.32 Å². The Labute approximate surface area is 156 Å². The molecule has 0 aliphatic carbocycles. The maximum absolute atomic E-state index is 12.2. The highest BCUT2D eigenvalue weighted by Gasteiger charge is 2.21. The van der Waals surface area contributed by atoms with Gasteiger partial charge in [-0.15, -0.1) is 22.7 Å². The summed E-state index contributed by atoms with van der Waals surface area (Å²) in [5, 5.41) is 7.30. The quantitative estimate of drug-likeness (QED) is 0.660. The van der Waals surface area contributed by atoms with Gasteiger partial charge < -0.3 is 10.1 Å². The third kappa shape index (κ3) is 4.41. The number of nitrogens with one attached hydrogen (secondary N) is 1. The van der Waals surface area contributed by atoms with E-state index in [0.29, 0.717) is 10.8 Å². The highest BCUT2D eigenvalue weighted by Crippen LogP contribution is 2.28. The van der Waals surface area contributed by atoms with E-state index in [-0.39, 0.29) is 5.69 Å². The fourth-order valence-electron chi connectivity index (χ4n) is 1.83. The standard InChI is InChI=1S/C16H12ClN3O3S2/c1-9(14(21)20-13-5-4-10(17)7-18-13)23-16(22)11-8-25-15(19-11)12-3-2-6-24-12/h2-9H,1H3,(H,18,20,21)/t9-/m1/s1. The van der Waals surface area contributed by atoms with E-state index >= 15 is 0 Å². The molecule has 0 aliphatic rings. The van der Waals surface area contributed by atoms with Crippen LogP contribution in [0, 0.1) is 0 Å². The number of carbonyl (C=O) groups is 2. The van der Waals surface area contributed by atoms with Crippen molar-refractivity contribution in [3.63, 3.8) is 0 Å². The van der Waals surface area contributed by atoms with Crippen molar-refractivity contribution in [2.45, 2.75) is 13.0 Å². The molecule has 6 nitrogen and oxygen atoms in total. The number of nitrogens with zero attached hydrogens (tertiary/aromatic N) is 2. The summed E-state index contributed by atoms with van der Waals surface area (Å²) >= 11 is 8.62. The molecule has 3 aromatic heterocycles. The second-order valence-corrected chi connectivity index (χ2v) is 7.16. The highest BCUT2D eigenvalue weighted by molar-refractivity contribution is 7.20. The summed E-state index contributed by atoms with van der Waals surface area (Å²) in [5.74, 6) is -0.811. The van der Waals surface area contributed by atoms with E-state index in [0.717, 1.165) is 9.88 Å². The third-order valence-corrected chi connectivity index (χ3v) is 5.18. The SMILES string of the molecule is C[C@@H](OC(=O)c1csc(-c2cccs2)n1)C(=O)Nc1ccc(Cl)cn1. The number of rotatable bonds is 5. The lowest BCUT2D eigenvalue weighted by Crippen LogP contribution is -2.30. The second kappa shape index (κ2) is 7.73. The molecule has 0 aliphatic heterocycles. The summed E-state index contributed by atoms with van der Waals surface area (Å²) in [6.45, 7) is 1.48. The van der Waals surface area contributed by atoms with Crippen LogP contribution in [0.2, 0.25) is 5.02 Å². The Morgan fingerprint density at radius 2 is 2.12 bits per heavy atom. The van der Waals surface area contributed by atoms with Crippen LogP contribution in [-0.2, 0) is 9.53 Å². The van der Waals surface area contributed by atoms with E-state index in [4.69, 9.17) is 16.3 Å². The molecule has 0 aromatic carbocycles. The maximum atomic E-state index is 12.2. The molecule has 0 saturated carbocycles. The number of esters is 1. The van der Waals surface area contributed by atoms with Crippen LogP contribution in [0.3, 0.4) is 0 Å². The summed E-state index contributed by atoms with van der Waals surface area (Å²) in [7, 11) is 0. The normalized spacial score (nSPS) is 11.8. The first-order chi connectivity index (χ1) is 12.0. The first kappa shape index (κ1) is 17.5. The average Bonchev–Trinajstić information content (AvgIpc) is 3.28. The van der Waals surface area contributed by atoms with Crippen molar-refractivity contribution in [2.24, 2.45) is 0 Å². The van der Waals surface area contributed by atoms with Crippen LogP contribution in [0.15, 0.2) is 41.2 Å². The predicted octanol–water partition coefficient (Wildman–Crippen LogP) is 4.10. The smallest absolute Gasteiger partial charge is 0.358 e. The first-order valence-electron chi connectivity index (χ1n) is 7.16. The minimum atomic E-state index is -0.989. The maximum Gasteiger partial charge on any atom is 0.358 e. The van der Waals surface area contributed by atoms with Gasteiger partial charge in [0.1, 0.15) is 10.8 Å². The van der Waals surface area contributed by atoms with Crippen LogP contribution in [0.25, 0.3) is 9.88 Å². The van der Waals surface area contributed by atoms with Crippen molar-refractivity contribution in [1.29, 1.82) is 0 Å². The number of halogens is 1. The van der Waals surface area contributed by atoms with Gasteiger partial charge in [-0.05, 0) is 30.5 Å². The Morgan fingerprint density at radius 1 is 1.28 bits per heavy atom. The molecule has 3 aromatic rings. The van der Waals surface area contributed by atoms with E-state index in [1.54, 1.807) is 17.5 Å². The van der Waals surface area contributed by atoms with Crippen LogP contribution < -0.4 is 5.32 Å². The number of aromatic nitrogens is 2. The molecule has 0 bridgehead atoms. The van der Waals surface area contributed by atoms with Crippen molar-refractivity contribution in [3.8, 4) is 9.88 Å². The van der Waals surface area contributed by atoms with E-state index in [2.05, 4.69) is 15.3 Å². The summed E-state index contributed by atoms with van der Waals surface area (Å²) in [5.41, 5.74) is 0.178. The molecule has 0 fully saturated rings.